The van der Waals surface area contributed by atoms with Crippen LogP contribution in [0.25, 0.3) is 11.2 Å². The van der Waals surface area contributed by atoms with Gasteiger partial charge in [-0.25, -0.2) is 9.97 Å². The summed E-state index contributed by atoms with van der Waals surface area (Å²) in [5.41, 5.74) is 2.67. The van der Waals surface area contributed by atoms with Gasteiger partial charge >= 0.3 is 0 Å². The molecule has 8 nitrogen and oxygen atoms in total. The fraction of sp³-hybridized carbons (Fsp3) is 0.174. The van der Waals surface area contributed by atoms with Gasteiger partial charge in [0.1, 0.15) is 12.1 Å². The number of nitrogens with one attached hydrogen (secondary N) is 2. The van der Waals surface area contributed by atoms with Gasteiger partial charge in [-0.1, -0.05) is 18.2 Å². The molecule has 1 amide bonds. The van der Waals surface area contributed by atoms with Crippen molar-refractivity contribution in [3.8, 4) is 11.6 Å². The van der Waals surface area contributed by atoms with Crippen LogP contribution < -0.4 is 15.4 Å². The lowest BCUT2D eigenvalue weighted by Crippen LogP contribution is -2.34. The Morgan fingerprint density at radius 3 is 2.59 bits per heavy atom. The smallest absolute Gasteiger partial charge is 0.257 e. The zero-order valence-corrected chi connectivity index (χ0v) is 17.9. The quantitative estimate of drug-likeness (QED) is 0.431. The molecule has 1 saturated carbocycles. The second-order valence-electron chi connectivity index (χ2n) is 7.59. The third-order valence-electron chi connectivity index (χ3n) is 5.11. The lowest BCUT2D eigenvalue weighted by atomic mass is 10.2. The number of rotatable bonds is 6. The summed E-state index contributed by atoms with van der Waals surface area (Å²) in [5, 5.41) is 5.87. The Morgan fingerprint density at radius 2 is 1.84 bits per heavy atom. The molecule has 0 unspecified atom stereocenters. The Morgan fingerprint density at radius 1 is 1.06 bits per heavy atom. The van der Waals surface area contributed by atoms with E-state index in [1.165, 1.54) is 19.2 Å². The number of ether oxygens (including phenoxy) is 1. The molecule has 0 radical (unpaired) electrons. The molecule has 2 N–H and O–H groups in total. The number of hydrogen-bond acceptors (Lipinski definition) is 6. The molecule has 160 valence electrons. The zero-order chi connectivity index (χ0) is 21.9. The lowest BCUT2D eigenvalue weighted by Gasteiger charge is -2.10. The monoisotopic (exact) mass is 444 g/mol. The summed E-state index contributed by atoms with van der Waals surface area (Å²) in [6.07, 6.45) is 5.80. The molecule has 9 heteroatoms. The number of imidazole rings is 1. The molecule has 32 heavy (non-hydrogen) atoms. The highest BCUT2D eigenvalue weighted by molar-refractivity contribution is 7.80. The Balaban J connectivity index is 1.23. The minimum atomic E-state index is -0.267. The van der Waals surface area contributed by atoms with Gasteiger partial charge in [0.25, 0.3) is 11.8 Å². The maximum Gasteiger partial charge on any atom is 0.257 e. The second-order valence-corrected chi connectivity index (χ2v) is 8.00. The highest BCUT2D eigenvalue weighted by Crippen LogP contribution is 2.32. The summed E-state index contributed by atoms with van der Waals surface area (Å²) in [6.45, 7) is 0.925. The molecule has 2 aromatic carbocycles. The maximum atomic E-state index is 12.2. The first kappa shape index (κ1) is 20.1. The van der Waals surface area contributed by atoms with Gasteiger partial charge in [0, 0.05) is 17.8 Å². The van der Waals surface area contributed by atoms with Crippen molar-refractivity contribution in [3.63, 3.8) is 0 Å². The minimum Gasteiger partial charge on any atom is -0.437 e. The Kier molecular flexibility index (Phi) is 5.47. The molecule has 2 aromatic heterocycles. The summed E-state index contributed by atoms with van der Waals surface area (Å²) < 4.78 is 8.01. The number of nitrogens with zero attached hydrogens (tertiary/aromatic N) is 4. The molecule has 1 aliphatic carbocycles. The van der Waals surface area contributed by atoms with Crippen molar-refractivity contribution in [2.24, 2.45) is 5.92 Å². The molecule has 2 heterocycles. The summed E-state index contributed by atoms with van der Waals surface area (Å²) in [5.74, 6) is 1.47. The minimum absolute atomic E-state index is 0.214. The van der Waals surface area contributed by atoms with Gasteiger partial charge < -0.3 is 14.6 Å². The summed E-state index contributed by atoms with van der Waals surface area (Å²) in [7, 11) is 0. The third kappa shape index (κ3) is 4.57. The van der Waals surface area contributed by atoms with Crippen LogP contribution in [0.4, 0.5) is 5.69 Å². The number of amides is 1. The SMILES string of the molecule is O=C(NC(=S)Nc1ccc(Oc2ncnc3c2ncn3CC2CC2)cc1)c1ccccc1. The van der Waals surface area contributed by atoms with Crippen molar-refractivity contribution < 1.29 is 9.53 Å². The topological polar surface area (TPSA) is 94.0 Å². The predicted octanol–water partition coefficient (Wildman–Crippen LogP) is 4.16. The Hall–Kier alpha value is -3.85. The number of hydrogen-bond donors (Lipinski definition) is 2. The van der Waals surface area contributed by atoms with Gasteiger partial charge in [-0.2, -0.15) is 4.98 Å². The maximum absolute atomic E-state index is 12.2. The standard InChI is InChI=1S/C23H20N6O2S/c30-21(16-4-2-1-3-5-16)28-23(32)27-17-8-10-18(11-9-17)31-22-19-20(24-13-25-22)29(14-26-19)12-15-6-7-15/h1-5,8-11,13-15H,6-7,12H2,(H2,27,28,30,32). The number of carbonyl (C=O) groups excluding carboxylic acids is 1. The number of thiocarbonyl (C=S) groups is 1. The van der Waals surface area contributed by atoms with Crippen LogP contribution in [0, 0.1) is 5.92 Å². The van der Waals surface area contributed by atoms with Crippen LogP contribution in [0.1, 0.15) is 23.2 Å². The third-order valence-corrected chi connectivity index (χ3v) is 5.31. The molecule has 1 fully saturated rings. The van der Waals surface area contributed by atoms with E-state index in [0.717, 1.165) is 23.8 Å². The van der Waals surface area contributed by atoms with Gasteiger partial charge in [0.15, 0.2) is 16.3 Å². The fourth-order valence-electron chi connectivity index (χ4n) is 3.29. The van der Waals surface area contributed by atoms with E-state index in [0.29, 0.717) is 22.7 Å². The molecule has 5 rings (SSSR count). The van der Waals surface area contributed by atoms with Crippen LogP contribution >= 0.6 is 12.2 Å². The van der Waals surface area contributed by atoms with Crippen molar-refractivity contribution in [3.05, 3.63) is 72.8 Å². The van der Waals surface area contributed by atoms with Crippen LogP contribution in [0.5, 0.6) is 11.6 Å². The highest BCUT2D eigenvalue weighted by atomic mass is 32.1. The van der Waals surface area contributed by atoms with Gasteiger partial charge in [-0.15, -0.1) is 0 Å². The van der Waals surface area contributed by atoms with E-state index in [2.05, 4.69) is 30.2 Å². The van der Waals surface area contributed by atoms with E-state index in [9.17, 15) is 4.79 Å². The number of fused-ring (bicyclic) bond motifs is 1. The first-order chi connectivity index (χ1) is 15.7. The van der Waals surface area contributed by atoms with Crippen molar-refractivity contribution in [1.82, 2.24) is 24.8 Å². The Labute approximate surface area is 189 Å². The number of aromatic nitrogens is 4. The molecular formula is C23H20N6O2S. The number of anilines is 1. The number of benzene rings is 2. The van der Waals surface area contributed by atoms with Crippen molar-refractivity contribution in [2.45, 2.75) is 19.4 Å². The Bertz CT molecular complexity index is 1270. The van der Waals surface area contributed by atoms with E-state index in [1.54, 1.807) is 54.9 Å². The molecule has 0 bridgehead atoms. The largest absolute Gasteiger partial charge is 0.437 e. The van der Waals surface area contributed by atoms with Gasteiger partial charge in [0.05, 0.1) is 6.33 Å². The molecule has 0 aliphatic heterocycles. The normalized spacial score (nSPS) is 13.0. The van der Waals surface area contributed by atoms with Crippen LogP contribution in [0.2, 0.25) is 0 Å². The molecule has 0 saturated heterocycles. The average molecular weight is 445 g/mol. The van der Waals surface area contributed by atoms with E-state index < -0.39 is 0 Å². The molecule has 1 aliphatic rings. The lowest BCUT2D eigenvalue weighted by molar-refractivity contribution is 0.0977. The van der Waals surface area contributed by atoms with E-state index >= 15 is 0 Å². The van der Waals surface area contributed by atoms with Crippen molar-refractivity contribution in [2.75, 3.05) is 5.32 Å². The van der Waals surface area contributed by atoms with Gasteiger partial charge in [-0.3, -0.25) is 10.1 Å². The molecule has 0 spiro atoms. The van der Waals surface area contributed by atoms with Crippen molar-refractivity contribution >= 4 is 40.1 Å². The van der Waals surface area contributed by atoms with Crippen LogP contribution in [-0.4, -0.2) is 30.5 Å². The van der Waals surface area contributed by atoms with Crippen LogP contribution in [0.15, 0.2) is 67.3 Å². The second kappa shape index (κ2) is 8.72. The molecular weight excluding hydrogens is 424 g/mol. The average Bonchev–Trinajstić information content (AvgIpc) is 3.54. The van der Waals surface area contributed by atoms with Gasteiger partial charge in [-0.05, 0) is 67.4 Å². The van der Waals surface area contributed by atoms with E-state index in [-0.39, 0.29) is 11.0 Å². The van der Waals surface area contributed by atoms with E-state index in [4.69, 9.17) is 17.0 Å². The fourth-order valence-corrected chi connectivity index (χ4v) is 3.50. The van der Waals surface area contributed by atoms with Crippen LogP contribution in [-0.2, 0) is 6.54 Å². The van der Waals surface area contributed by atoms with Crippen LogP contribution in [0.3, 0.4) is 0 Å². The summed E-state index contributed by atoms with van der Waals surface area (Å²) in [6, 6.07) is 16.1. The first-order valence-corrected chi connectivity index (χ1v) is 10.7. The zero-order valence-electron chi connectivity index (χ0n) is 17.1. The predicted molar refractivity (Wildman–Crippen MR) is 125 cm³/mol. The summed E-state index contributed by atoms with van der Waals surface area (Å²) >= 11 is 5.24. The van der Waals surface area contributed by atoms with Crippen molar-refractivity contribution in [1.29, 1.82) is 0 Å². The molecule has 0 atom stereocenters. The first-order valence-electron chi connectivity index (χ1n) is 10.3. The highest BCUT2D eigenvalue weighted by Gasteiger charge is 2.23. The molecule has 4 aromatic rings. The van der Waals surface area contributed by atoms with E-state index in [1.807, 2.05) is 6.07 Å². The summed E-state index contributed by atoms with van der Waals surface area (Å²) in [4.78, 5) is 25.3. The van der Waals surface area contributed by atoms with Gasteiger partial charge in [0.2, 0.25) is 0 Å². The number of carbonyl (C=O) groups is 1.